The van der Waals surface area contributed by atoms with Crippen molar-refractivity contribution in [2.24, 2.45) is 0 Å². The Labute approximate surface area is 119 Å². The van der Waals surface area contributed by atoms with Crippen LogP contribution in [0.5, 0.6) is 5.75 Å². The molecule has 3 heteroatoms. The summed E-state index contributed by atoms with van der Waals surface area (Å²) in [6, 6.07) is 17.6. The van der Waals surface area contributed by atoms with Crippen molar-refractivity contribution in [3.63, 3.8) is 0 Å². The number of amides is 1. The van der Waals surface area contributed by atoms with Gasteiger partial charge < -0.3 is 10.1 Å². The van der Waals surface area contributed by atoms with Crippen LogP contribution in [0.3, 0.4) is 0 Å². The summed E-state index contributed by atoms with van der Waals surface area (Å²) in [5.41, 5.74) is 2.31. The van der Waals surface area contributed by atoms with Crippen LogP contribution in [-0.2, 0) is 11.3 Å². The number of ether oxygens (including phenoxy) is 1. The summed E-state index contributed by atoms with van der Waals surface area (Å²) in [5.74, 6) is 0.793. The third-order valence-corrected chi connectivity index (χ3v) is 2.91. The van der Waals surface area contributed by atoms with Crippen molar-refractivity contribution in [2.75, 3.05) is 6.61 Å². The molecule has 2 rings (SSSR count). The second-order valence-corrected chi connectivity index (χ2v) is 4.68. The van der Waals surface area contributed by atoms with Gasteiger partial charge in [-0.25, -0.2) is 0 Å². The lowest BCUT2D eigenvalue weighted by atomic mass is 10.1. The fourth-order valence-electron chi connectivity index (χ4n) is 1.89. The fourth-order valence-corrected chi connectivity index (χ4v) is 1.89. The standard InChI is InChI=1S/C17H19NO2/c1-14-6-5-7-15(12-14)13-18-17(19)10-11-20-16-8-3-2-4-9-16/h2-9,12H,10-11,13H2,1H3,(H,18,19). The van der Waals surface area contributed by atoms with Crippen LogP contribution in [0.15, 0.2) is 54.6 Å². The fraction of sp³-hybridized carbons (Fsp3) is 0.235. The highest BCUT2D eigenvalue weighted by Gasteiger charge is 2.02. The summed E-state index contributed by atoms with van der Waals surface area (Å²) in [5, 5.41) is 2.89. The van der Waals surface area contributed by atoms with Gasteiger partial charge >= 0.3 is 0 Å². The summed E-state index contributed by atoms with van der Waals surface area (Å²) < 4.78 is 5.49. The third kappa shape index (κ3) is 4.76. The van der Waals surface area contributed by atoms with Gasteiger partial charge in [-0.3, -0.25) is 4.79 Å². The second kappa shape index (κ2) is 7.34. The summed E-state index contributed by atoms with van der Waals surface area (Å²) >= 11 is 0. The lowest BCUT2D eigenvalue weighted by Crippen LogP contribution is -2.24. The van der Waals surface area contributed by atoms with E-state index in [2.05, 4.69) is 11.4 Å². The predicted molar refractivity (Wildman–Crippen MR) is 79.6 cm³/mol. The zero-order valence-corrected chi connectivity index (χ0v) is 11.6. The van der Waals surface area contributed by atoms with Gasteiger partial charge in [0.25, 0.3) is 0 Å². The molecular weight excluding hydrogens is 250 g/mol. The van der Waals surface area contributed by atoms with Gasteiger partial charge in [0.2, 0.25) is 5.91 Å². The molecule has 0 saturated carbocycles. The molecule has 0 aromatic heterocycles. The maximum absolute atomic E-state index is 11.7. The molecule has 0 saturated heterocycles. The minimum atomic E-state index is 0.00226. The molecule has 1 amide bonds. The molecule has 0 atom stereocenters. The lowest BCUT2D eigenvalue weighted by Gasteiger charge is -2.07. The molecule has 1 N–H and O–H groups in total. The largest absolute Gasteiger partial charge is 0.493 e. The normalized spacial score (nSPS) is 10.1. The molecule has 0 bridgehead atoms. The maximum atomic E-state index is 11.7. The average molecular weight is 269 g/mol. The van der Waals surface area contributed by atoms with Crippen molar-refractivity contribution in [3.8, 4) is 5.75 Å². The Hall–Kier alpha value is -2.29. The van der Waals surface area contributed by atoms with E-state index in [4.69, 9.17) is 4.74 Å². The Balaban J connectivity index is 1.68. The zero-order valence-electron chi connectivity index (χ0n) is 11.6. The predicted octanol–water partition coefficient (Wildman–Crippen LogP) is 3.08. The summed E-state index contributed by atoms with van der Waals surface area (Å²) in [6.45, 7) is 2.99. The molecule has 20 heavy (non-hydrogen) atoms. The molecule has 0 heterocycles. The molecule has 0 aliphatic heterocycles. The van der Waals surface area contributed by atoms with E-state index in [0.29, 0.717) is 19.6 Å². The van der Waals surface area contributed by atoms with E-state index >= 15 is 0 Å². The van der Waals surface area contributed by atoms with Gasteiger partial charge in [0.15, 0.2) is 0 Å². The van der Waals surface area contributed by atoms with Gasteiger partial charge in [-0.1, -0.05) is 48.0 Å². The quantitative estimate of drug-likeness (QED) is 0.875. The van der Waals surface area contributed by atoms with Crippen LogP contribution in [0.1, 0.15) is 17.5 Å². The molecule has 0 aliphatic rings. The number of carbonyl (C=O) groups excluding carboxylic acids is 1. The second-order valence-electron chi connectivity index (χ2n) is 4.68. The molecule has 0 unspecified atom stereocenters. The van der Waals surface area contributed by atoms with E-state index in [1.54, 1.807) is 0 Å². The van der Waals surface area contributed by atoms with Crippen molar-refractivity contribution < 1.29 is 9.53 Å². The number of nitrogens with one attached hydrogen (secondary N) is 1. The zero-order chi connectivity index (χ0) is 14.2. The highest BCUT2D eigenvalue weighted by molar-refractivity contribution is 5.76. The monoisotopic (exact) mass is 269 g/mol. The molecule has 0 spiro atoms. The smallest absolute Gasteiger partial charge is 0.223 e. The number of rotatable bonds is 6. The van der Waals surface area contributed by atoms with Crippen molar-refractivity contribution >= 4 is 5.91 Å². The molecule has 2 aromatic carbocycles. The third-order valence-electron chi connectivity index (χ3n) is 2.91. The number of aryl methyl sites for hydroxylation is 1. The van der Waals surface area contributed by atoms with Crippen molar-refractivity contribution in [1.82, 2.24) is 5.32 Å². The summed E-state index contributed by atoms with van der Waals surface area (Å²) in [7, 11) is 0. The van der Waals surface area contributed by atoms with Gasteiger partial charge in [0.05, 0.1) is 13.0 Å². The van der Waals surface area contributed by atoms with E-state index in [0.717, 1.165) is 11.3 Å². The van der Waals surface area contributed by atoms with Crippen LogP contribution < -0.4 is 10.1 Å². The Morgan fingerprint density at radius 2 is 1.90 bits per heavy atom. The Morgan fingerprint density at radius 1 is 1.10 bits per heavy atom. The number of hydrogen-bond acceptors (Lipinski definition) is 2. The number of carbonyl (C=O) groups is 1. The topological polar surface area (TPSA) is 38.3 Å². The molecule has 0 fully saturated rings. The van der Waals surface area contributed by atoms with Crippen molar-refractivity contribution in [3.05, 3.63) is 65.7 Å². The van der Waals surface area contributed by atoms with E-state index in [1.165, 1.54) is 5.56 Å². The SMILES string of the molecule is Cc1cccc(CNC(=O)CCOc2ccccc2)c1. The van der Waals surface area contributed by atoms with Crippen LogP contribution in [0.4, 0.5) is 0 Å². The molecular formula is C17H19NO2. The maximum Gasteiger partial charge on any atom is 0.223 e. The lowest BCUT2D eigenvalue weighted by molar-refractivity contribution is -0.121. The minimum Gasteiger partial charge on any atom is -0.493 e. The van der Waals surface area contributed by atoms with Crippen LogP contribution in [-0.4, -0.2) is 12.5 Å². The molecule has 0 radical (unpaired) electrons. The highest BCUT2D eigenvalue weighted by atomic mass is 16.5. The van der Waals surface area contributed by atoms with Crippen LogP contribution in [0.2, 0.25) is 0 Å². The van der Waals surface area contributed by atoms with E-state index < -0.39 is 0 Å². The van der Waals surface area contributed by atoms with Gasteiger partial charge in [0.1, 0.15) is 5.75 Å². The highest BCUT2D eigenvalue weighted by Crippen LogP contribution is 2.08. The first-order valence-electron chi connectivity index (χ1n) is 6.74. The van der Waals surface area contributed by atoms with E-state index in [9.17, 15) is 4.79 Å². The van der Waals surface area contributed by atoms with Crippen molar-refractivity contribution in [2.45, 2.75) is 19.9 Å². The number of hydrogen-bond donors (Lipinski definition) is 1. The van der Waals surface area contributed by atoms with E-state index in [1.807, 2.05) is 55.5 Å². The first kappa shape index (κ1) is 14.1. The van der Waals surface area contributed by atoms with Gasteiger partial charge in [-0.2, -0.15) is 0 Å². The average Bonchev–Trinajstić information content (AvgIpc) is 2.46. The van der Waals surface area contributed by atoms with Gasteiger partial charge in [-0.15, -0.1) is 0 Å². The van der Waals surface area contributed by atoms with Crippen LogP contribution in [0, 0.1) is 6.92 Å². The molecule has 3 nitrogen and oxygen atoms in total. The number of para-hydroxylation sites is 1. The van der Waals surface area contributed by atoms with Crippen LogP contribution >= 0.6 is 0 Å². The first-order valence-corrected chi connectivity index (χ1v) is 6.74. The summed E-state index contributed by atoms with van der Waals surface area (Å²) in [4.78, 5) is 11.7. The van der Waals surface area contributed by atoms with Crippen LogP contribution in [0.25, 0.3) is 0 Å². The molecule has 104 valence electrons. The summed E-state index contributed by atoms with van der Waals surface area (Å²) in [6.07, 6.45) is 0.362. The Kier molecular flexibility index (Phi) is 5.18. The van der Waals surface area contributed by atoms with E-state index in [-0.39, 0.29) is 5.91 Å². The Morgan fingerprint density at radius 3 is 2.65 bits per heavy atom. The van der Waals surface area contributed by atoms with Gasteiger partial charge in [0, 0.05) is 6.54 Å². The molecule has 0 aliphatic carbocycles. The first-order chi connectivity index (χ1) is 9.74. The van der Waals surface area contributed by atoms with Gasteiger partial charge in [-0.05, 0) is 24.6 Å². The number of benzene rings is 2. The Bertz CT molecular complexity index is 552. The van der Waals surface area contributed by atoms with Crippen molar-refractivity contribution in [1.29, 1.82) is 0 Å². The molecule has 2 aromatic rings. The minimum absolute atomic E-state index is 0.00226.